The number of fused-ring (bicyclic) bond motifs is 1. The second-order valence-corrected chi connectivity index (χ2v) is 6.71. The molecular formula is C21H18ClFO5. The Kier molecular flexibility index (Phi) is 5.99. The summed E-state index contributed by atoms with van der Waals surface area (Å²) in [6.45, 7) is 1.90. The molecule has 0 aliphatic carbocycles. The molecule has 7 heteroatoms. The first-order chi connectivity index (χ1) is 13.4. The van der Waals surface area contributed by atoms with Crippen molar-refractivity contribution in [2.75, 3.05) is 7.11 Å². The molecule has 28 heavy (non-hydrogen) atoms. The number of carbonyl (C=O) groups excluding carboxylic acids is 1. The van der Waals surface area contributed by atoms with Crippen LogP contribution in [0.2, 0.25) is 5.02 Å². The first-order valence-electron chi connectivity index (χ1n) is 8.58. The van der Waals surface area contributed by atoms with Crippen molar-refractivity contribution >= 4 is 28.5 Å². The third-order valence-electron chi connectivity index (χ3n) is 4.36. The lowest BCUT2D eigenvalue weighted by Gasteiger charge is -2.14. The molecule has 0 bridgehead atoms. The molecule has 3 rings (SSSR count). The number of esters is 1. The molecule has 0 N–H and O–H groups in total. The topological polar surface area (TPSA) is 65.7 Å². The summed E-state index contributed by atoms with van der Waals surface area (Å²) in [5.41, 5.74) is 2.05. The van der Waals surface area contributed by atoms with Crippen LogP contribution < -0.4 is 10.4 Å². The van der Waals surface area contributed by atoms with Crippen molar-refractivity contribution in [2.24, 2.45) is 0 Å². The van der Waals surface area contributed by atoms with Crippen LogP contribution in [0, 0.1) is 12.7 Å². The highest BCUT2D eigenvalue weighted by Gasteiger charge is 2.13. The Morgan fingerprint density at radius 1 is 1.18 bits per heavy atom. The Hall–Kier alpha value is -2.86. The minimum atomic E-state index is -0.458. The molecule has 146 valence electrons. The lowest BCUT2D eigenvalue weighted by molar-refractivity contribution is -0.140. The van der Waals surface area contributed by atoms with E-state index in [9.17, 15) is 14.0 Å². The molecular weight excluding hydrogens is 387 g/mol. The average molecular weight is 405 g/mol. The van der Waals surface area contributed by atoms with Gasteiger partial charge in [0.15, 0.2) is 0 Å². The first-order valence-corrected chi connectivity index (χ1v) is 8.96. The van der Waals surface area contributed by atoms with E-state index in [1.165, 1.54) is 31.4 Å². The molecule has 0 saturated heterocycles. The predicted octanol–water partition coefficient (Wildman–Crippen LogP) is 4.58. The van der Waals surface area contributed by atoms with Gasteiger partial charge in [0.2, 0.25) is 0 Å². The minimum absolute atomic E-state index is 0.0892. The number of ether oxygens (including phenoxy) is 2. The third-order valence-corrected chi connectivity index (χ3v) is 4.71. The highest BCUT2D eigenvalue weighted by atomic mass is 35.5. The Morgan fingerprint density at radius 2 is 1.96 bits per heavy atom. The first kappa shape index (κ1) is 19.9. The average Bonchev–Trinajstić information content (AvgIpc) is 2.65. The van der Waals surface area contributed by atoms with Gasteiger partial charge in [0, 0.05) is 29.5 Å². The van der Waals surface area contributed by atoms with Crippen molar-refractivity contribution in [3.8, 4) is 5.75 Å². The fourth-order valence-corrected chi connectivity index (χ4v) is 3.08. The zero-order chi connectivity index (χ0) is 20.3. The van der Waals surface area contributed by atoms with Crippen LogP contribution in [0.3, 0.4) is 0 Å². The van der Waals surface area contributed by atoms with Crippen LogP contribution in [0.4, 0.5) is 4.39 Å². The van der Waals surface area contributed by atoms with Gasteiger partial charge in [-0.3, -0.25) is 4.79 Å². The van der Waals surface area contributed by atoms with Crippen LogP contribution in [0.1, 0.15) is 23.1 Å². The molecule has 0 unspecified atom stereocenters. The monoisotopic (exact) mass is 404 g/mol. The Bertz CT molecular complexity index is 1090. The van der Waals surface area contributed by atoms with E-state index in [2.05, 4.69) is 0 Å². The number of hydrogen-bond acceptors (Lipinski definition) is 5. The zero-order valence-corrected chi connectivity index (χ0v) is 16.1. The van der Waals surface area contributed by atoms with Gasteiger partial charge in [-0.25, -0.2) is 9.18 Å². The van der Waals surface area contributed by atoms with Crippen molar-refractivity contribution in [1.82, 2.24) is 0 Å². The summed E-state index contributed by atoms with van der Waals surface area (Å²) >= 11 is 6.05. The fraction of sp³-hybridized carbons (Fsp3) is 0.238. The van der Waals surface area contributed by atoms with Gasteiger partial charge < -0.3 is 13.9 Å². The van der Waals surface area contributed by atoms with Gasteiger partial charge in [0.1, 0.15) is 23.8 Å². The van der Waals surface area contributed by atoms with Gasteiger partial charge in [0.25, 0.3) is 0 Å². The molecule has 1 aromatic heterocycles. The maximum atomic E-state index is 13.2. The molecule has 0 aliphatic rings. The van der Waals surface area contributed by atoms with E-state index in [4.69, 9.17) is 25.5 Å². The Balaban J connectivity index is 1.97. The van der Waals surface area contributed by atoms with E-state index < -0.39 is 11.4 Å². The van der Waals surface area contributed by atoms with Gasteiger partial charge in [-0.05, 0) is 42.7 Å². The summed E-state index contributed by atoms with van der Waals surface area (Å²) in [6.07, 6.45) is 0.555. The second kappa shape index (κ2) is 8.44. The summed E-state index contributed by atoms with van der Waals surface area (Å²) in [6, 6.07) is 8.90. The normalized spacial score (nSPS) is 10.9. The largest absolute Gasteiger partial charge is 0.488 e. The third kappa shape index (κ3) is 4.51. The highest BCUT2D eigenvalue weighted by molar-refractivity contribution is 6.31. The molecule has 0 aliphatic heterocycles. The van der Waals surface area contributed by atoms with Crippen LogP contribution >= 0.6 is 11.6 Å². The van der Waals surface area contributed by atoms with Crippen LogP contribution in [0.15, 0.2) is 45.6 Å². The van der Waals surface area contributed by atoms with Crippen molar-refractivity contribution < 1.29 is 23.1 Å². The van der Waals surface area contributed by atoms with Crippen LogP contribution in [-0.2, 0) is 22.6 Å². The quantitative estimate of drug-likeness (QED) is 0.444. The van der Waals surface area contributed by atoms with Gasteiger partial charge in [-0.2, -0.15) is 0 Å². The molecule has 0 radical (unpaired) electrons. The van der Waals surface area contributed by atoms with E-state index >= 15 is 0 Å². The molecule has 3 aromatic rings. The number of methoxy groups -OCH3 is 1. The lowest BCUT2D eigenvalue weighted by Crippen LogP contribution is -2.05. The smallest absolute Gasteiger partial charge is 0.336 e. The molecule has 0 atom stereocenters. The van der Waals surface area contributed by atoms with Crippen molar-refractivity contribution in [2.45, 2.75) is 26.4 Å². The Labute approximate surface area is 165 Å². The number of hydrogen-bond donors (Lipinski definition) is 0. The van der Waals surface area contributed by atoms with E-state index in [0.717, 1.165) is 16.5 Å². The maximum absolute atomic E-state index is 13.2. The van der Waals surface area contributed by atoms with Crippen LogP contribution in [0.5, 0.6) is 5.75 Å². The number of benzene rings is 2. The summed E-state index contributed by atoms with van der Waals surface area (Å²) in [5.74, 6) is -0.329. The minimum Gasteiger partial charge on any atom is -0.488 e. The van der Waals surface area contributed by atoms with Gasteiger partial charge in [-0.15, -0.1) is 0 Å². The molecule has 1 heterocycles. The standard InChI is InChI=1S/C21H18ClFO5/c1-12-7-21(25)28-19-10-18(13(8-16(12)19)4-6-20(24)26-2)27-11-14-3-5-15(23)9-17(14)22/h3,5,7-10H,4,6,11H2,1-2H3. The number of rotatable bonds is 6. The number of carbonyl (C=O) groups is 1. The summed E-state index contributed by atoms with van der Waals surface area (Å²) in [5, 5.41) is 1.01. The molecule has 0 fully saturated rings. The molecule has 2 aromatic carbocycles. The van der Waals surface area contributed by atoms with E-state index in [1.807, 2.05) is 13.0 Å². The maximum Gasteiger partial charge on any atom is 0.336 e. The van der Waals surface area contributed by atoms with Gasteiger partial charge in [-0.1, -0.05) is 17.7 Å². The van der Waals surface area contributed by atoms with Crippen molar-refractivity contribution in [3.63, 3.8) is 0 Å². The molecule has 0 spiro atoms. The Morgan fingerprint density at radius 3 is 2.68 bits per heavy atom. The summed E-state index contributed by atoms with van der Waals surface area (Å²) < 4.78 is 29.1. The van der Waals surface area contributed by atoms with Gasteiger partial charge in [0.05, 0.1) is 12.1 Å². The predicted molar refractivity (Wildman–Crippen MR) is 103 cm³/mol. The zero-order valence-electron chi connectivity index (χ0n) is 15.4. The summed E-state index contributed by atoms with van der Waals surface area (Å²) in [4.78, 5) is 23.2. The van der Waals surface area contributed by atoms with E-state index in [-0.39, 0.29) is 24.0 Å². The van der Waals surface area contributed by atoms with E-state index in [0.29, 0.717) is 23.3 Å². The van der Waals surface area contributed by atoms with Gasteiger partial charge >= 0.3 is 11.6 Å². The van der Waals surface area contributed by atoms with Crippen molar-refractivity contribution in [3.05, 3.63) is 74.3 Å². The second-order valence-electron chi connectivity index (χ2n) is 6.31. The summed E-state index contributed by atoms with van der Waals surface area (Å²) in [7, 11) is 1.33. The number of halogens is 2. The highest BCUT2D eigenvalue weighted by Crippen LogP contribution is 2.30. The molecule has 5 nitrogen and oxygen atoms in total. The fourth-order valence-electron chi connectivity index (χ4n) is 2.85. The molecule has 0 amide bonds. The number of aryl methyl sites for hydroxylation is 2. The molecule has 0 saturated carbocycles. The lowest BCUT2D eigenvalue weighted by atomic mass is 10.0. The van der Waals surface area contributed by atoms with Crippen LogP contribution in [0.25, 0.3) is 11.0 Å². The van der Waals surface area contributed by atoms with E-state index in [1.54, 1.807) is 6.07 Å². The SMILES string of the molecule is COC(=O)CCc1cc2c(C)cc(=O)oc2cc1OCc1ccc(F)cc1Cl. The van der Waals surface area contributed by atoms with Crippen LogP contribution in [-0.4, -0.2) is 13.1 Å². The van der Waals surface area contributed by atoms with Crippen molar-refractivity contribution in [1.29, 1.82) is 0 Å².